The van der Waals surface area contributed by atoms with Gasteiger partial charge in [0.1, 0.15) is 0 Å². The summed E-state index contributed by atoms with van der Waals surface area (Å²) in [6.45, 7) is 0. The van der Waals surface area contributed by atoms with Crippen molar-refractivity contribution in [3.8, 4) is 11.3 Å². The number of carbonyl (C=O) groups is 1. The number of aromatic carboxylic acids is 1. The first-order valence-electron chi connectivity index (χ1n) is 4.55. The highest BCUT2D eigenvalue weighted by Gasteiger charge is 2.11. The van der Waals surface area contributed by atoms with E-state index in [-0.39, 0.29) is 5.69 Å². The standard InChI is InChI=1S/C11H9NO3S/c1-16-8-4-2-7(3-5-8)10-6-9(11(13)14)12-15-10/h2-6H,1H3,(H,13,14). The fraction of sp³-hybridized carbons (Fsp3) is 0.0909. The molecule has 0 amide bonds. The van der Waals surface area contributed by atoms with Crippen molar-refractivity contribution in [1.82, 2.24) is 5.16 Å². The minimum atomic E-state index is -1.09. The van der Waals surface area contributed by atoms with Crippen molar-refractivity contribution in [2.75, 3.05) is 6.26 Å². The second-order valence-electron chi connectivity index (χ2n) is 3.11. The number of hydrogen-bond donors (Lipinski definition) is 1. The van der Waals surface area contributed by atoms with Crippen LogP contribution in [0.15, 0.2) is 39.8 Å². The molecule has 0 bridgehead atoms. The van der Waals surface area contributed by atoms with E-state index >= 15 is 0 Å². The SMILES string of the molecule is CSc1ccc(-c2cc(C(=O)O)no2)cc1. The summed E-state index contributed by atoms with van der Waals surface area (Å²) < 4.78 is 4.95. The number of aromatic nitrogens is 1. The van der Waals surface area contributed by atoms with Gasteiger partial charge in [0, 0.05) is 16.5 Å². The monoisotopic (exact) mass is 235 g/mol. The molecule has 5 heteroatoms. The summed E-state index contributed by atoms with van der Waals surface area (Å²) in [4.78, 5) is 11.8. The van der Waals surface area contributed by atoms with Crippen molar-refractivity contribution < 1.29 is 14.4 Å². The number of nitrogens with zero attached hydrogens (tertiary/aromatic N) is 1. The molecule has 16 heavy (non-hydrogen) atoms. The minimum Gasteiger partial charge on any atom is -0.476 e. The minimum absolute atomic E-state index is 0.0797. The van der Waals surface area contributed by atoms with Gasteiger partial charge in [0.25, 0.3) is 0 Å². The molecule has 4 nitrogen and oxygen atoms in total. The van der Waals surface area contributed by atoms with E-state index in [0.29, 0.717) is 5.76 Å². The van der Waals surface area contributed by atoms with Crippen LogP contribution in [0.4, 0.5) is 0 Å². The summed E-state index contributed by atoms with van der Waals surface area (Å²) in [6.07, 6.45) is 1.99. The van der Waals surface area contributed by atoms with Crippen molar-refractivity contribution in [3.05, 3.63) is 36.0 Å². The van der Waals surface area contributed by atoms with Crippen LogP contribution in [0.25, 0.3) is 11.3 Å². The number of carboxylic acid groups (broad SMARTS) is 1. The van der Waals surface area contributed by atoms with Crippen LogP contribution in [0.5, 0.6) is 0 Å². The first kappa shape index (κ1) is 10.8. The molecule has 0 radical (unpaired) electrons. The molecule has 0 aliphatic heterocycles. The van der Waals surface area contributed by atoms with E-state index in [1.165, 1.54) is 6.07 Å². The fourth-order valence-corrected chi connectivity index (χ4v) is 1.68. The Bertz CT molecular complexity index is 504. The topological polar surface area (TPSA) is 63.3 Å². The molecule has 0 aliphatic carbocycles. The lowest BCUT2D eigenvalue weighted by molar-refractivity contribution is 0.0686. The van der Waals surface area contributed by atoms with Gasteiger partial charge < -0.3 is 9.63 Å². The van der Waals surface area contributed by atoms with Gasteiger partial charge in [-0.15, -0.1) is 11.8 Å². The summed E-state index contributed by atoms with van der Waals surface area (Å²) in [5, 5.41) is 12.2. The Morgan fingerprint density at radius 3 is 2.56 bits per heavy atom. The van der Waals surface area contributed by atoms with Crippen LogP contribution in [0.1, 0.15) is 10.5 Å². The van der Waals surface area contributed by atoms with Crippen LogP contribution in [-0.4, -0.2) is 22.5 Å². The van der Waals surface area contributed by atoms with E-state index in [1.54, 1.807) is 11.8 Å². The second-order valence-corrected chi connectivity index (χ2v) is 3.99. The third-order valence-electron chi connectivity index (χ3n) is 2.10. The summed E-state index contributed by atoms with van der Waals surface area (Å²) in [5.74, 6) is -0.624. The van der Waals surface area contributed by atoms with E-state index < -0.39 is 5.97 Å². The normalized spacial score (nSPS) is 10.3. The quantitative estimate of drug-likeness (QED) is 0.829. The average molecular weight is 235 g/mol. The Morgan fingerprint density at radius 1 is 1.38 bits per heavy atom. The van der Waals surface area contributed by atoms with Crippen LogP contribution in [-0.2, 0) is 0 Å². The van der Waals surface area contributed by atoms with Gasteiger partial charge in [-0.25, -0.2) is 4.79 Å². The molecule has 2 rings (SSSR count). The molecule has 2 aromatic rings. The second kappa shape index (κ2) is 4.40. The first-order valence-corrected chi connectivity index (χ1v) is 5.77. The van der Waals surface area contributed by atoms with Crippen LogP contribution >= 0.6 is 11.8 Å². The lowest BCUT2D eigenvalue weighted by atomic mass is 10.1. The largest absolute Gasteiger partial charge is 0.476 e. The van der Waals surface area contributed by atoms with Crippen molar-refractivity contribution in [2.45, 2.75) is 4.90 Å². The van der Waals surface area contributed by atoms with Crippen molar-refractivity contribution >= 4 is 17.7 Å². The van der Waals surface area contributed by atoms with Crippen LogP contribution in [0.2, 0.25) is 0 Å². The van der Waals surface area contributed by atoms with Crippen LogP contribution in [0, 0.1) is 0 Å². The summed E-state index contributed by atoms with van der Waals surface area (Å²) in [7, 11) is 0. The predicted octanol–water partition coefficient (Wildman–Crippen LogP) is 2.76. The van der Waals surface area contributed by atoms with Gasteiger partial charge in [-0.2, -0.15) is 0 Å². The van der Waals surface area contributed by atoms with E-state index in [2.05, 4.69) is 5.16 Å². The molecular formula is C11H9NO3S. The molecule has 1 aromatic carbocycles. The van der Waals surface area contributed by atoms with Gasteiger partial charge in [-0.05, 0) is 18.4 Å². The Kier molecular flexibility index (Phi) is 2.96. The van der Waals surface area contributed by atoms with E-state index in [9.17, 15) is 4.79 Å². The third kappa shape index (κ3) is 2.09. The Balaban J connectivity index is 2.31. The molecule has 0 fully saturated rings. The maximum absolute atomic E-state index is 10.6. The molecule has 0 aliphatic rings. The average Bonchev–Trinajstić information content (AvgIpc) is 2.78. The summed E-state index contributed by atoms with van der Waals surface area (Å²) >= 11 is 1.64. The maximum Gasteiger partial charge on any atom is 0.358 e. The summed E-state index contributed by atoms with van der Waals surface area (Å²) in [6, 6.07) is 9.05. The highest BCUT2D eigenvalue weighted by molar-refractivity contribution is 7.98. The summed E-state index contributed by atoms with van der Waals surface area (Å²) in [5.41, 5.74) is 0.738. The van der Waals surface area contributed by atoms with Gasteiger partial charge in [-0.1, -0.05) is 17.3 Å². The zero-order valence-electron chi connectivity index (χ0n) is 8.51. The fourth-order valence-electron chi connectivity index (χ4n) is 1.27. The molecule has 0 atom stereocenters. The van der Waals surface area contributed by atoms with Gasteiger partial charge >= 0.3 is 5.97 Å². The van der Waals surface area contributed by atoms with Crippen molar-refractivity contribution in [3.63, 3.8) is 0 Å². The van der Waals surface area contributed by atoms with E-state index in [1.807, 2.05) is 30.5 Å². The number of thioether (sulfide) groups is 1. The van der Waals surface area contributed by atoms with Crippen molar-refractivity contribution in [2.24, 2.45) is 0 Å². The van der Waals surface area contributed by atoms with Gasteiger partial charge in [0.15, 0.2) is 11.5 Å². The van der Waals surface area contributed by atoms with E-state index in [4.69, 9.17) is 9.63 Å². The third-order valence-corrected chi connectivity index (χ3v) is 2.85. The molecule has 0 spiro atoms. The molecule has 0 unspecified atom stereocenters. The Labute approximate surface area is 96.3 Å². The predicted molar refractivity (Wildman–Crippen MR) is 60.7 cm³/mol. The molecule has 1 N–H and O–H groups in total. The number of benzene rings is 1. The molecule has 0 saturated carbocycles. The molecular weight excluding hydrogens is 226 g/mol. The zero-order valence-corrected chi connectivity index (χ0v) is 9.32. The molecule has 82 valence electrons. The van der Waals surface area contributed by atoms with Crippen molar-refractivity contribution in [1.29, 1.82) is 0 Å². The Morgan fingerprint density at radius 2 is 2.06 bits per heavy atom. The van der Waals surface area contributed by atoms with Gasteiger partial charge in [-0.3, -0.25) is 0 Å². The van der Waals surface area contributed by atoms with Crippen LogP contribution in [0.3, 0.4) is 0 Å². The smallest absolute Gasteiger partial charge is 0.358 e. The number of rotatable bonds is 3. The van der Waals surface area contributed by atoms with E-state index in [0.717, 1.165) is 10.5 Å². The first-order chi connectivity index (χ1) is 7.70. The highest BCUT2D eigenvalue weighted by Crippen LogP contribution is 2.23. The number of carboxylic acids is 1. The lowest BCUT2D eigenvalue weighted by Gasteiger charge is -1.97. The maximum atomic E-state index is 10.6. The van der Waals surface area contributed by atoms with Gasteiger partial charge in [0.05, 0.1) is 0 Å². The number of hydrogen-bond acceptors (Lipinski definition) is 4. The highest BCUT2D eigenvalue weighted by atomic mass is 32.2. The molecule has 1 aromatic heterocycles. The molecule has 0 saturated heterocycles. The lowest BCUT2D eigenvalue weighted by Crippen LogP contribution is -1.94. The molecule has 1 heterocycles. The van der Waals surface area contributed by atoms with Gasteiger partial charge in [0.2, 0.25) is 0 Å². The van der Waals surface area contributed by atoms with Crippen LogP contribution < -0.4 is 0 Å². The zero-order chi connectivity index (χ0) is 11.5. The Hall–Kier alpha value is -1.75.